The Bertz CT molecular complexity index is 794. The Morgan fingerprint density at radius 1 is 1.12 bits per heavy atom. The van der Waals surface area contributed by atoms with Crippen molar-refractivity contribution in [3.05, 3.63) is 54.1 Å². The minimum absolute atomic E-state index is 0.246. The van der Waals surface area contributed by atoms with Crippen molar-refractivity contribution in [2.75, 3.05) is 16.5 Å². The Hall–Kier alpha value is -2.15. The molecule has 0 radical (unpaired) electrons. The number of amides is 1. The molecule has 3 nitrogen and oxygen atoms in total. The third-order valence-electron chi connectivity index (χ3n) is 4.26. The number of carbonyl (C=O) groups excluding carboxylic acids is 1. The predicted octanol–water partition coefficient (Wildman–Crippen LogP) is 4.86. The number of para-hydroxylation sites is 2. The van der Waals surface area contributed by atoms with Crippen molar-refractivity contribution in [1.82, 2.24) is 0 Å². The van der Waals surface area contributed by atoms with Gasteiger partial charge in [-0.25, -0.2) is 0 Å². The second-order valence-corrected chi connectivity index (χ2v) is 6.61. The number of hydrogen-bond donors (Lipinski definition) is 1. The summed E-state index contributed by atoms with van der Waals surface area (Å²) in [5.74, 6) is -0.606. The molecule has 1 N–H and O–H groups in total. The number of anilines is 2. The third-order valence-corrected chi connectivity index (χ3v) is 5.07. The van der Waals surface area contributed by atoms with Crippen LogP contribution in [0.2, 0.25) is 0 Å². The third kappa shape index (κ3) is 3.20. The number of nitrogens with one attached hydrogen (secondary N) is 1. The molecular formula is C18H17F3N2OS. The first kappa shape index (κ1) is 17.7. The highest BCUT2D eigenvalue weighted by Gasteiger charge is 2.47. The van der Waals surface area contributed by atoms with E-state index in [0.717, 1.165) is 16.7 Å². The number of nitrogens with zero attached hydrogens (tertiary/aromatic N) is 1. The van der Waals surface area contributed by atoms with Crippen LogP contribution in [0.1, 0.15) is 18.5 Å². The van der Waals surface area contributed by atoms with Gasteiger partial charge >= 0.3 is 6.18 Å². The van der Waals surface area contributed by atoms with Gasteiger partial charge in [0.25, 0.3) is 5.91 Å². The van der Waals surface area contributed by atoms with E-state index in [1.807, 2.05) is 18.4 Å². The summed E-state index contributed by atoms with van der Waals surface area (Å²) in [5, 5.41) is 3.10. The molecule has 1 aliphatic rings. The van der Waals surface area contributed by atoms with Crippen LogP contribution in [0.25, 0.3) is 0 Å². The van der Waals surface area contributed by atoms with Crippen molar-refractivity contribution in [3.63, 3.8) is 0 Å². The lowest BCUT2D eigenvalue weighted by Crippen LogP contribution is -2.52. The van der Waals surface area contributed by atoms with E-state index in [9.17, 15) is 18.0 Å². The quantitative estimate of drug-likeness (QED) is 0.788. The zero-order valence-electron chi connectivity index (χ0n) is 13.7. The normalized spacial score (nSPS) is 18.5. The predicted molar refractivity (Wildman–Crippen MR) is 94.0 cm³/mol. The zero-order chi connectivity index (χ0) is 18.2. The van der Waals surface area contributed by atoms with Gasteiger partial charge in [0.05, 0.1) is 11.4 Å². The van der Waals surface area contributed by atoms with Crippen LogP contribution < -0.4 is 10.2 Å². The highest BCUT2D eigenvalue weighted by atomic mass is 32.2. The van der Waals surface area contributed by atoms with Crippen molar-refractivity contribution in [3.8, 4) is 0 Å². The maximum Gasteiger partial charge on any atom is 0.408 e. The molecule has 1 aliphatic heterocycles. The molecular weight excluding hydrogens is 349 g/mol. The number of rotatable bonds is 3. The summed E-state index contributed by atoms with van der Waals surface area (Å²) in [7, 11) is 0. The molecule has 0 spiro atoms. The summed E-state index contributed by atoms with van der Waals surface area (Å²) in [5.41, 5.74) is 1.43. The topological polar surface area (TPSA) is 32.3 Å². The lowest BCUT2D eigenvalue weighted by Gasteiger charge is -2.39. The first-order valence-corrected chi connectivity index (χ1v) is 8.95. The summed E-state index contributed by atoms with van der Waals surface area (Å²) < 4.78 is 40.1. The lowest BCUT2D eigenvalue weighted by molar-refractivity contribution is -0.151. The monoisotopic (exact) mass is 366 g/mol. The van der Waals surface area contributed by atoms with Gasteiger partial charge in [-0.05, 0) is 36.9 Å². The first-order valence-electron chi connectivity index (χ1n) is 7.73. The van der Waals surface area contributed by atoms with E-state index in [-0.39, 0.29) is 5.69 Å². The molecule has 0 bridgehead atoms. The highest BCUT2D eigenvalue weighted by Crippen LogP contribution is 2.42. The Labute approximate surface area is 148 Å². The van der Waals surface area contributed by atoms with E-state index in [4.69, 9.17) is 0 Å². The Morgan fingerprint density at radius 2 is 1.76 bits per heavy atom. The molecule has 1 unspecified atom stereocenters. The van der Waals surface area contributed by atoms with Gasteiger partial charge in [-0.1, -0.05) is 30.3 Å². The number of hydrogen-bond acceptors (Lipinski definition) is 3. The second kappa shape index (κ2) is 6.63. The number of alkyl halides is 3. The van der Waals surface area contributed by atoms with Gasteiger partial charge in [-0.2, -0.15) is 13.2 Å². The number of halogens is 3. The smallest absolute Gasteiger partial charge is 0.368 e. The van der Waals surface area contributed by atoms with Gasteiger partial charge in [0, 0.05) is 4.90 Å². The van der Waals surface area contributed by atoms with Gasteiger partial charge in [-0.3, -0.25) is 9.69 Å². The largest absolute Gasteiger partial charge is 0.408 e. The Balaban J connectivity index is 2.12. The summed E-state index contributed by atoms with van der Waals surface area (Å²) in [6, 6.07) is 11.0. The number of fused-ring (bicyclic) bond motifs is 1. The zero-order valence-corrected chi connectivity index (χ0v) is 14.5. The van der Waals surface area contributed by atoms with Crippen LogP contribution in [0.3, 0.4) is 0 Å². The van der Waals surface area contributed by atoms with E-state index in [2.05, 4.69) is 5.32 Å². The lowest BCUT2D eigenvalue weighted by atomic mass is 9.99. The van der Waals surface area contributed by atoms with Crippen LogP contribution in [0.5, 0.6) is 0 Å². The molecule has 0 saturated carbocycles. The molecule has 3 rings (SSSR count). The molecule has 2 atom stereocenters. The Morgan fingerprint density at radius 3 is 2.44 bits per heavy atom. The van der Waals surface area contributed by atoms with Gasteiger partial charge in [0.15, 0.2) is 0 Å². The van der Waals surface area contributed by atoms with Gasteiger partial charge in [0.2, 0.25) is 0 Å². The summed E-state index contributed by atoms with van der Waals surface area (Å²) in [6.07, 6.45) is -2.64. The van der Waals surface area contributed by atoms with Gasteiger partial charge in [0.1, 0.15) is 12.1 Å². The Kier molecular flexibility index (Phi) is 4.69. The minimum Gasteiger partial charge on any atom is -0.368 e. The molecule has 0 fully saturated rings. The molecule has 25 heavy (non-hydrogen) atoms. The fraction of sp³-hybridized carbons (Fsp3) is 0.278. The number of thioether (sulfide) groups is 1. The van der Waals surface area contributed by atoms with Crippen molar-refractivity contribution >= 4 is 29.0 Å². The van der Waals surface area contributed by atoms with E-state index < -0.39 is 24.2 Å². The average molecular weight is 366 g/mol. The molecule has 7 heteroatoms. The highest BCUT2D eigenvalue weighted by molar-refractivity contribution is 7.98. The van der Waals surface area contributed by atoms with Crippen molar-refractivity contribution in [2.45, 2.75) is 30.1 Å². The van der Waals surface area contributed by atoms with Crippen LogP contribution in [0, 0.1) is 0 Å². The van der Waals surface area contributed by atoms with E-state index in [0.29, 0.717) is 11.3 Å². The van der Waals surface area contributed by atoms with Crippen LogP contribution >= 0.6 is 11.8 Å². The van der Waals surface area contributed by atoms with Crippen LogP contribution in [-0.2, 0) is 4.79 Å². The van der Waals surface area contributed by atoms with Gasteiger partial charge < -0.3 is 5.32 Å². The fourth-order valence-electron chi connectivity index (χ4n) is 2.94. The SMILES string of the molecule is CSc1ccccc1C1Nc2ccccc2N([C@@H](C)C(F)(F)F)C1=O. The maximum absolute atomic E-state index is 13.4. The van der Waals surface area contributed by atoms with E-state index in [1.165, 1.54) is 17.8 Å². The van der Waals surface area contributed by atoms with E-state index >= 15 is 0 Å². The number of carbonyl (C=O) groups is 1. The molecule has 1 amide bonds. The fourth-order valence-corrected chi connectivity index (χ4v) is 3.58. The molecule has 0 aromatic heterocycles. The van der Waals surface area contributed by atoms with Crippen LogP contribution in [0.4, 0.5) is 24.5 Å². The maximum atomic E-state index is 13.4. The molecule has 132 valence electrons. The van der Waals surface area contributed by atoms with Gasteiger partial charge in [-0.15, -0.1) is 11.8 Å². The molecule has 2 aromatic rings. The minimum atomic E-state index is -4.51. The number of benzene rings is 2. The molecule has 0 aliphatic carbocycles. The molecule has 0 saturated heterocycles. The molecule has 2 aromatic carbocycles. The van der Waals surface area contributed by atoms with Crippen molar-refractivity contribution in [2.24, 2.45) is 0 Å². The second-order valence-electron chi connectivity index (χ2n) is 5.76. The van der Waals surface area contributed by atoms with Crippen LogP contribution in [-0.4, -0.2) is 24.4 Å². The standard InChI is InChI=1S/C18H17F3N2OS/c1-11(18(19,20)21)23-14-9-5-4-8-13(14)22-16(17(23)24)12-7-3-6-10-15(12)25-2/h3-11,16,22H,1-2H3/t11-,16?/m0/s1. The van der Waals surface area contributed by atoms with E-state index in [1.54, 1.807) is 30.3 Å². The van der Waals surface area contributed by atoms with Crippen LogP contribution in [0.15, 0.2) is 53.4 Å². The molecule has 1 heterocycles. The van der Waals surface area contributed by atoms with Crippen molar-refractivity contribution in [1.29, 1.82) is 0 Å². The summed E-state index contributed by atoms with van der Waals surface area (Å²) >= 11 is 1.45. The summed E-state index contributed by atoms with van der Waals surface area (Å²) in [4.78, 5) is 14.7. The van der Waals surface area contributed by atoms with Crippen molar-refractivity contribution < 1.29 is 18.0 Å². The average Bonchev–Trinajstić information content (AvgIpc) is 2.60. The summed E-state index contributed by atoms with van der Waals surface area (Å²) in [6.45, 7) is 1.01. The first-order chi connectivity index (χ1) is 11.8.